The minimum Gasteiger partial charge on any atom is -0.507 e. The third-order valence-electron chi connectivity index (χ3n) is 4.65. The Labute approximate surface area is 192 Å². The largest absolute Gasteiger partial charge is 0.507 e. The van der Waals surface area contributed by atoms with Gasteiger partial charge in [-0.3, -0.25) is 4.79 Å². The maximum absolute atomic E-state index is 12.1. The highest BCUT2D eigenvalue weighted by molar-refractivity contribution is 9.10. The van der Waals surface area contributed by atoms with Crippen molar-refractivity contribution in [2.45, 2.75) is 52.4 Å². The van der Waals surface area contributed by atoms with Crippen molar-refractivity contribution in [3.8, 4) is 17.2 Å². The van der Waals surface area contributed by atoms with E-state index in [0.29, 0.717) is 21.7 Å². The minimum atomic E-state index is -0.384. The summed E-state index contributed by atoms with van der Waals surface area (Å²) in [5.41, 5.74) is 4.46. The first-order valence-electron chi connectivity index (χ1n) is 9.99. The van der Waals surface area contributed by atoms with E-state index in [9.17, 15) is 9.90 Å². The second-order valence-corrected chi connectivity index (χ2v) is 10.2. The van der Waals surface area contributed by atoms with Crippen LogP contribution in [0.15, 0.2) is 39.9 Å². The van der Waals surface area contributed by atoms with Crippen LogP contribution < -0.4 is 14.9 Å². The summed E-state index contributed by atoms with van der Waals surface area (Å²) in [6.45, 7) is 12.1. The molecule has 0 atom stereocenters. The molecule has 31 heavy (non-hydrogen) atoms. The van der Waals surface area contributed by atoms with E-state index in [-0.39, 0.29) is 23.3 Å². The third kappa shape index (κ3) is 6.72. The van der Waals surface area contributed by atoms with Gasteiger partial charge in [-0.05, 0) is 62.7 Å². The number of hydrogen-bond donors (Lipinski definition) is 2. The fraction of sp³-hybridized carbons (Fsp3) is 0.417. The molecule has 0 spiro atoms. The first-order chi connectivity index (χ1) is 14.3. The van der Waals surface area contributed by atoms with E-state index in [4.69, 9.17) is 9.47 Å². The normalized spacial score (nSPS) is 12.1. The van der Waals surface area contributed by atoms with Gasteiger partial charge in [-0.15, -0.1) is 0 Å². The first-order valence-corrected chi connectivity index (χ1v) is 10.8. The number of nitrogens with one attached hydrogen (secondary N) is 1. The minimum absolute atomic E-state index is 0.182. The van der Waals surface area contributed by atoms with Crippen LogP contribution in [0.1, 0.15) is 58.2 Å². The summed E-state index contributed by atoms with van der Waals surface area (Å²) in [5, 5.41) is 14.9. The fourth-order valence-electron chi connectivity index (χ4n) is 2.95. The van der Waals surface area contributed by atoms with Gasteiger partial charge in [0.15, 0.2) is 6.61 Å². The Balaban J connectivity index is 2.10. The number of aromatic hydroxyl groups is 1. The topological polar surface area (TPSA) is 80.2 Å². The van der Waals surface area contributed by atoms with Crippen molar-refractivity contribution < 1.29 is 19.4 Å². The van der Waals surface area contributed by atoms with Gasteiger partial charge in [0.1, 0.15) is 17.2 Å². The van der Waals surface area contributed by atoms with Crippen molar-refractivity contribution in [3.05, 3.63) is 51.5 Å². The van der Waals surface area contributed by atoms with E-state index in [1.165, 1.54) is 0 Å². The van der Waals surface area contributed by atoms with Gasteiger partial charge < -0.3 is 14.6 Å². The van der Waals surface area contributed by atoms with E-state index in [1.807, 2.05) is 53.7 Å². The summed E-state index contributed by atoms with van der Waals surface area (Å²) in [5.74, 6) is 1.14. The van der Waals surface area contributed by atoms with Gasteiger partial charge in [0, 0.05) is 11.1 Å². The summed E-state index contributed by atoms with van der Waals surface area (Å²) < 4.78 is 11.4. The van der Waals surface area contributed by atoms with Crippen LogP contribution in [0.4, 0.5) is 0 Å². The van der Waals surface area contributed by atoms with E-state index in [1.54, 1.807) is 31.5 Å². The fourth-order valence-corrected chi connectivity index (χ4v) is 3.43. The van der Waals surface area contributed by atoms with Crippen molar-refractivity contribution >= 4 is 28.1 Å². The monoisotopic (exact) mass is 490 g/mol. The highest BCUT2D eigenvalue weighted by Crippen LogP contribution is 2.39. The van der Waals surface area contributed by atoms with Crippen LogP contribution in [0.2, 0.25) is 0 Å². The molecule has 2 N–H and O–H groups in total. The molecule has 2 aromatic rings. The molecule has 0 aliphatic rings. The molecule has 0 fully saturated rings. The molecule has 0 radical (unpaired) electrons. The summed E-state index contributed by atoms with van der Waals surface area (Å²) in [4.78, 5) is 12.1. The van der Waals surface area contributed by atoms with Crippen LogP contribution >= 0.6 is 15.9 Å². The number of carbonyl (C=O) groups excluding carboxylic acids is 1. The van der Waals surface area contributed by atoms with Crippen molar-refractivity contribution in [1.82, 2.24) is 5.43 Å². The Hall–Kier alpha value is -2.54. The van der Waals surface area contributed by atoms with Crippen LogP contribution in [0.25, 0.3) is 0 Å². The number of phenolic OH excluding ortho intramolecular Hbond substituents is 1. The number of carbonyl (C=O) groups is 1. The zero-order valence-electron chi connectivity index (χ0n) is 19.2. The van der Waals surface area contributed by atoms with Gasteiger partial charge in [0.2, 0.25) is 0 Å². The summed E-state index contributed by atoms with van der Waals surface area (Å²) in [6, 6.07) is 9.02. The lowest BCUT2D eigenvalue weighted by atomic mass is 9.78. The molecular formula is C24H31BrN2O4. The van der Waals surface area contributed by atoms with Crippen LogP contribution in [-0.2, 0) is 15.6 Å². The lowest BCUT2D eigenvalue weighted by Crippen LogP contribution is -2.24. The average molecular weight is 491 g/mol. The summed E-state index contributed by atoms with van der Waals surface area (Å²) in [6.07, 6.45) is 1.57. The first kappa shape index (κ1) is 24.7. The van der Waals surface area contributed by atoms with Crippen molar-refractivity contribution in [2.24, 2.45) is 5.10 Å². The van der Waals surface area contributed by atoms with Gasteiger partial charge in [0.05, 0.1) is 17.8 Å². The van der Waals surface area contributed by atoms with Crippen molar-refractivity contribution in [1.29, 1.82) is 0 Å². The Kier molecular flexibility index (Phi) is 7.76. The zero-order valence-corrected chi connectivity index (χ0v) is 20.8. The number of rotatable bonds is 6. The van der Waals surface area contributed by atoms with Crippen LogP contribution in [0.5, 0.6) is 17.2 Å². The molecule has 168 valence electrons. The summed E-state index contributed by atoms with van der Waals surface area (Å²) in [7, 11) is 1.58. The summed E-state index contributed by atoms with van der Waals surface area (Å²) >= 11 is 3.39. The number of benzene rings is 2. The number of halogens is 1. The van der Waals surface area contributed by atoms with Gasteiger partial charge in [-0.2, -0.15) is 5.10 Å². The molecule has 0 heterocycles. The molecule has 2 rings (SSSR count). The molecular weight excluding hydrogens is 460 g/mol. The molecule has 0 aromatic heterocycles. The number of phenols is 1. The van der Waals surface area contributed by atoms with Crippen LogP contribution in [-0.4, -0.2) is 30.9 Å². The maximum Gasteiger partial charge on any atom is 0.277 e. The molecule has 7 heteroatoms. The average Bonchev–Trinajstić information content (AvgIpc) is 2.66. The number of nitrogens with zero attached hydrogens (tertiary/aromatic N) is 1. The molecule has 2 aromatic carbocycles. The highest BCUT2D eigenvalue weighted by atomic mass is 79.9. The number of hydrazone groups is 1. The molecule has 6 nitrogen and oxygen atoms in total. The lowest BCUT2D eigenvalue weighted by Gasteiger charge is -2.27. The molecule has 0 unspecified atom stereocenters. The standard InChI is InChI=1S/C24H31BrN2O4/c1-23(2,3)17-10-15(11-18(22(17)29)24(4,5)6)13-26-27-21(28)14-31-20-9-8-16(30-7)12-19(20)25/h8-13,29H,14H2,1-7H3,(H,27,28)/b26-13+. The van der Waals surface area contributed by atoms with Crippen LogP contribution in [0, 0.1) is 0 Å². The molecule has 1 amide bonds. The van der Waals surface area contributed by atoms with E-state index in [0.717, 1.165) is 16.7 Å². The van der Waals surface area contributed by atoms with E-state index in [2.05, 4.69) is 26.5 Å². The third-order valence-corrected chi connectivity index (χ3v) is 5.27. The van der Waals surface area contributed by atoms with Gasteiger partial charge in [-0.1, -0.05) is 41.5 Å². The highest BCUT2D eigenvalue weighted by Gasteiger charge is 2.26. The SMILES string of the molecule is COc1ccc(OCC(=O)N/N=C/c2cc(C(C)(C)C)c(O)c(C(C)(C)C)c2)c(Br)c1. The lowest BCUT2D eigenvalue weighted by molar-refractivity contribution is -0.123. The second-order valence-electron chi connectivity index (χ2n) is 9.34. The zero-order chi connectivity index (χ0) is 23.4. The molecule has 0 saturated carbocycles. The van der Waals surface area contributed by atoms with Gasteiger partial charge >= 0.3 is 0 Å². The second kappa shape index (κ2) is 9.73. The van der Waals surface area contributed by atoms with E-state index < -0.39 is 0 Å². The maximum atomic E-state index is 12.1. The Morgan fingerprint density at radius 3 is 2.16 bits per heavy atom. The van der Waals surface area contributed by atoms with Crippen LogP contribution in [0.3, 0.4) is 0 Å². The Morgan fingerprint density at radius 1 is 1.10 bits per heavy atom. The Morgan fingerprint density at radius 2 is 1.68 bits per heavy atom. The molecule has 0 bridgehead atoms. The van der Waals surface area contributed by atoms with Gasteiger partial charge in [0.25, 0.3) is 5.91 Å². The molecule has 0 saturated heterocycles. The Bertz CT molecular complexity index is 938. The number of amides is 1. The molecule has 0 aliphatic heterocycles. The molecule has 0 aliphatic carbocycles. The predicted octanol–water partition coefficient (Wildman–Crippen LogP) is 5.29. The predicted molar refractivity (Wildman–Crippen MR) is 127 cm³/mol. The quantitative estimate of drug-likeness (QED) is 0.425. The van der Waals surface area contributed by atoms with Crippen molar-refractivity contribution in [3.63, 3.8) is 0 Å². The number of hydrogen-bond acceptors (Lipinski definition) is 5. The number of ether oxygens (including phenoxy) is 2. The van der Waals surface area contributed by atoms with E-state index >= 15 is 0 Å². The number of methoxy groups -OCH3 is 1. The van der Waals surface area contributed by atoms with Gasteiger partial charge in [-0.25, -0.2) is 5.43 Å². The van der Waals surface area contributed by atoms with Crippen molar-refractivity contribution in [2.75, 3.05) is 13.7 Å². The smallest absolute Gasteiger partial charge is 0.277 e.